The Morgan fingerprint density at radius 1 is 0.963 bits per heavy atom. The summed E-state index contributed by atoms with van der Waals surface area (Å²) >= 11 is 0. The Balaban J connectivity index is 1.23. The highest BCUT2D eigenvalue weighted by atomic mass is 16.2. The van der Waals surface area contributed by atoms with E-state index in [1.165, 1.54) is 18.4 Å². The van der Waals surface area contributed by atoms with Gasteiger partial charge in [0.2, 0.25) is 11.9 Å². The van der Waals surface area contributed by atoms with E-state index in [0.29, 0.717) is 24.2 Å². The number of piperidine rings is 1. The number of anilines is 1. The van der Waals surface area contributed by atoms with Gasteiger partial charge in [-0.15, -0.1) is 0 Å². The zero-order valence-corrected chi connectivity index (χ0v) is 15.7. The molecule has 4 heterocycles. The maximum atomic E-state index is 12.6. The third-order valence-corrected chi connectivity index (χ3v) is 6.00. The van der Waals surface area contributed by atoms with Gasteiger partial charge in [-0.2, -0.15) is 0 Å². The lowest BCUT2D eigenvalue weighted by Crippen LogP contribution is -2.38. The van der Waals surface area contributed by atoms with Crippen molar-refractivity contribution in [1.82, 2.24) is 19.9 Å². The quantitative estimate of drug-likeness (QED) is 0.815. The van der Waals surface area contributed by atoms with Crippen LogP contribution in [-0.4, -0.2) is 51.9 Å². The van der Waals surface area contributed by atoms with Crippen LogP contribution >= 0.6 is 0 Å². The lowest BCUT2D eigenvalue weighted by Gasteiger charge is -2.34. The van der Waals surface area contributed by atoms with Crippen molar-refractivity contribution in [3.63, 3.8) is 0 Å². The van der Waals surface area contributed by atoms with Gasteiger partial charge < -0.3 is 9.80 Å². The summed E-state index contributed by atoms with van der Waals surface area (Å²) in [5, 5.41) is 0. The average molecular weight is 365 g/mol. The average Bonchev–Trinajstić information content (AvgIpc) is 3.24. The molecule has 0 N–H and O–H groups in total. The second kappa shape index (κ2) is 8.46. The molecule has 2 fully saturated rings. The Labute approximate surface area is 160 Å². The second-order valence-electron chi connectivity index (χ2n) is 7.62. The summed E-state index contributed by atoms with van der Waals surface area (Å²) in [4.78, 5) is 29.7. The summed E-state index contributed by atoms with van der Waals surface area (Å²) in [6.45, 7) is 3.88. The molecule has 0 aliphatic carbocycles. The normalized spacial score (nSPS) is 20.8. The maximum absolute atomic E-state index is 12.6. The second-order valence-corrected chi connectivity index (χ2v) is 7.62. The Hall–Kier alpha value is -2.50. The molecular weight excluding hydrogens is 338 g/mol. The Morgan fingerprint density at radius 2 is 1.67 bits per heavy atom. The van der Waals surface area contributed by atoms with Crippen LogP contribution in [-0.2, 0) is 11.2 Å². The van der Waals surface area contributed by atoms with E-state index < -0.39 is 0 Å². The van der Waals surface area contributed by atoms with Gasteiger partial charge in [-0.3, -0.25) is 9.78 Å². The van der Waals surface area contributed by atoms with Crippen LogP contribution < -0.4 is 4.90 Å². The molecule has 4 rings (SSSR count). The highest BCUT2D eigenvalue weighted by Gasteiger charge is 2.33. The summed E-state index contributed by atoms with van der Waals surface area (Å²) < 4.78 is 0. The minimum absolute atomic E-state index is 0.296. The van der Waals surface area contributed by atoms with Crippen LogP contribution in [0.2, 0.25) is 0 Å². The summed E-state index contributed by atoms with van der Waals surface area (Å²) in [6, 6.07) is 5.84. The number of likely N-dealkylation sites (tertiary alicyclic amines) is 1. The van der Waals surface area contributed by atoms with Gasteiger partial charge in [0.05, 0.1) is 0 Å². The van der Waals surface area contributed by atoms with Gasteiger partial charge in [0.1, 0.15) is 0 Å². The standard InChI is InChI=1S/C21H27N5O/c27-20(3-2-17-4-11-22-12-5-17)26-15-8-19(16-26)18-6-13-25(14-7-18)21-23-9-1-10-24-21/h1,4-5,9-12,18-19H,2-3,6-8,13-16H2. The van der Waals surface area contributed by atoms with Crippen LogP contribution in [0.5, 0.6) is 0 Å². The zero-order valence-electron chi connectivity index (χ0n) is 15.7. The van der Waals surface area contributed by atoms with Crippen molar-refractivity contribution in [2.24, 2.45) is 11.8 Å². The Kier molecular flexibility index (Phi) is 5.61. The molecule has 0 aromatic carbocycles. The highest BCUT2D eigenvalue weighted by Crippen LogP contribution is 2.32. The minimum Gasteiger partial charge on any atom is -0.342 e. The zero-order chi connectivity index (χ0) is 18.5. The largest absolute Gasteiger partial charge is 0.342 e. The molecule has 0 spiro atoms. The third kappa shape index (κ3) is 4.43. The number of aromatic nitrogens is 3. The van der Waals surface area contributed by atoms with Gasteiger partial charge >= 0.3 is 0 Å². The molecule has 6 nitrogen and oxygen atoms in total. The molecule has 2 aliphatic rings. The molecule has 2 aromatic heterocycles. The number of carbonyl (C=O) groups excluding carboxylic acids is 1. The van der Waals surface area contributed by atoms with Crippen molar-refractivity contribution < 1.29 is 4.79 Å². The van der Waals surface area contributed by atoms with Crippen molar-refractivity contribution in [2.45, 2.75) is 32.1 Å². The molecule has 2 saturated heterocycles. The molecule has 0 bridgehead atoms. The van der Waals surface area contributed by atoms with Crippen molar-refractivity contribution in [3.8, 4) is 0 Å². The Morgan fingerprint density at radius 3 is 2.41 bits per heavy atom. The van der Waals surface area contributed by atoms with Crippen molar-refractivity contribution in [1.29, 1.82) is 0 Å². The van der Waals surface area contributed by atoms with E-state index in [9.17, 15) is 4.79 Å². The summed E-state index contributed by atoms with van der Waals surface area (Å²) in [7, 11) is 0. The molecule has 1 amide bonds. The molecular formula is C21H27N5O. The molecule has 0 saturated carbocycles. The first-order valence-corrected chi connectivity index (χ1v) is 9.98. The fourth-order valence-corrected chi connectivity index (χ4v) is 4.38. The van der Waals surface area contributed by atoms with Crippen LogP contribution in [0.4, 0.5) is 5.95 Å². The highest BCUT2D eigenvalue weighted by molar-refractivity contribution is 5.76. The van der Waals surface area contributed by atoms with Gasteiger partial charge in [-0.1, -0.05) is 0 Å². The van der Waals surface area contributed by atoms with Gasteiger partial charge in [-0.25, -0.2) is 9.97 Å². The van der Waals surface area contributed by atoms with Crippen molar-refractivity contribution in [3.05, 3.63) is 48.5 Å². The minimum atomic E-state index is 0.296. The number of rotatable bonds is 5. The van der Waals surface area contributed by atoms with Crippen LogP contribution in [0.3, 0.4) is 0 Å². The fraction of sp³-hybridized carbons (Fsp3) is 0.524. The third-order valence-electron chi connectivity index (χ3n) is 6.00. The SMILES string of the molecule is O=C(CCc1ccncc1)N1CCC(C2CCN(c3ncccn3)CC2)C1. The number of hydrogen-bond donors (Lipinski definition) is 0. The number of amides is 1. The molecule has 2 aliphatic heterocycles. The lowest BCUT2D eigenvalue weighted by molar-refractivity contribution is -0.130. The number of nitrogens with zero attached hydrogens (tertiary/aromatic N) is 5. The van der Waals surface area contributed by atoms with Crippen molar-refractivity contribution in [2.75, 3.05) is 31.1 Å². The molecule has 1 atom stereocenters. The topological polar surface area (TPSA) is 62.2 Å². The number of pyridine rings is 1. The first-order valence-electron chi connectivity index (χ1n) is 9.98. The first-order chi connectivity index (χ1) is 13.3. The number of aryl methyl sites for hydroxylation is 1. The summed E-state index contributed by atoms with van der Waals surface area (Å²) in [6.07, 6.45) is 12.1. The molecule has 0 radical (unpaired) electrons. The van der Waals surface area contributed by atoms with Crippen LogP contribution in [0.15, 0.2) is 43.0 Å². The van der Waals surface area contributed by atoms with Crippen LogP contribution in [0.1, 0.15) is 31.2 Å². The van der Waals surface area contributed by atoms with E-state index in [-0.39, 0.29) is 0 Å². The van der Waals surface area contributed by atoms with E-state index in [0.717, 1.165) is 45.0 Å². The molecule has 6 heteroatoms. The molecule has 142 valence electrons. The van der Waals surface area contributed by atoms with Gasteiger partial charge in [0, 0.05) is 57.4 Å². The van der Waals surface area contributed by atoms with E-state index in [1.807, 2.05) is 18.2 Å². The molecule has 1 unspecified atom stereocenters. The number of carbonyl (C=O) groups is 1. The Bertz CT molecular complexity index is 731. The van der Waals surface area contributed by atoms with Gasteiger partial charge in [0.15, 0.2) is 0 Å². The van der Waals surface area contributed by atoms with Gasteiger partial charge in [-0.05, 0) is 61.3 Å². The monoisotopic (exact) mass is 365 g/mol. The van der Waals surface area contributed by atoms with Crippen molar-refractivity contribution >= 4 is 11.9 Å². The smallest absolute Gasteiger partial charge is 0.225 e. The van der Waals surface area contributed by atoms with Crippen LogP contribution in [0, 0.1) is 11.8 Å². The van der Waals surface area contributed by atoms with Gasteiger partial charge in [0.25, 0.3) is 0 Å². The lowest BCUT2D eigenvalue weighted by atomic mass is 9.84. The molecule has 2 aromatic rings. The van der Waals surface area contributed by atoms with E-state index >= 15 is 0 Å². The molecule has 27 heavy (non-hydrogen) atoms. The number of hydrogen-bond acceptors (Lipinski definition) is 5. The van der Waals surface area contributed by atoms with Crippen LogP contribution in [0.25, 0.3) is 0 Å². The fourth-order valence-electron chi connectivity index (χ4n) is 4.38. The maximum Gasteiger partial charge on any atom is 0.225 e. The van der Waals surface area contributed by atoms with E-state index in [2.05, 4.69) is 24.8 Å². The summed E-state index contributed by atoms with van der Waals surface area (Å²) in [5.74, 6) is 2.50. The predicted molar refractivity (Wildman–Crippen MR) is 104 cm³/mol. The van der Waals surface area contributed by atoms with E-state index in [4.69, 9.17) is 0 Å². The van der Waals surface area contributed by atoms with E-state index in [1.54, 1.807) is 24.8 Å². The summed E-state index contributed by atoms with van der Waals surface area (Å²) in [5.41, 5.74) is 1.18. The first kappa shape index (κ1) is 17.9. The predicted octanol–water partition coefficient (Wildman–Crippen LogP) is 2.57.